The number of alkyl halides is 3. The third-order valence-electron chi connectivity index (χ3n) is 2.93. The average Bonchev–Trinajstić information content (AvgIpc) is 2.92. The second-order valence-corrected chi connectivity index (χ2v) is 6.27. The van der Waals surface area contributed by atoms with Gasteiger partial charge >= 0.3 is 6.18 Å². The summed E-state index contributed by atoms with van der Waals surface area (Å²) in [5, 5.41) is 2.58. The van der Waals surface area contributed by atoms with Gasteiger partial charge in [0.15, 0.2) is 0 Å². The third kappa shape index (κ3) is 2.16. The van der Waals surface area contributed by atoms with Gasteiger partial charge < -0.3 is 5.73 Å². The number of fused-ring (bicyclic) bond motifs is 1. The van der Waals surface area contributed by atoms with Crippen LogP contribution in [0.1, 0.15) is 11.1 Å². The molecule has 2 N–H and O–H groups in total. The summed E-state index contributed by atoms with van der Waals surface area (Å²) in [5.74, 6) is 0. The van der Waals surface area contributed by atoms with Crippen molar-refractivity contribution in [2.24, 2.45) is 0 Å². The van der Waals surface area contributed by atoms with Gasteiger partial charge in [0.1, 0.15) is 5.01 Å². The standard InChI is InChI=1S/C13H9F3N2S2/c1-6-5-19-11(10(6)17)12-18-8-4-7(13(14,15)16)2-3-9(8)20-12/h2-5H,17H2,1H3. The molecule has 104 valence electrons. The maximum Gasteiger partial charge on any atom is 0.416 e. The molecular weight excluding hydrogens is 305 g/mol. The molecule has 0 bridgehead atoms. The number of halogens is 3. The minimum absolute atomic E-state index is 0.352. The summed E-state index contributed by atoms with van der Waals surface area (Å²) in [4.78, 5) is 5.10. The van der Waals surface area contributed by atoms with E-state index in [2.05, 4.69) is 4.98 Å². The molecule has 3 aromatic rings. The van der Waals surface area contributed by atoms with Gasteiger partial charge in [-0.15, -0.1) is 22.7 Å². The lowest BCUT2D eigenvalue weighted by atomic mass is 10.2. The van der Waals surface area contributed by atoms with E-state index in [1.165, 1.54) is 28.7 Å². The van der Waals surface area contributed by atoms with Crippen molar-refractivity contribution in [3.63, 3.8) is 0 Å². The SMILES string of the molecule is Cc1csc(-c2nc3cc(C(F)(F)F)ccc3s2)c1N. The van der Waals surface area contributed by atoms with Crippen molar-refractivity contribution >= 4 is 38.6 Å². The number of aromatic nitrogens is 1. The number of hydrogen-bond acceptors (Lipinski definition) is 4. The van der Waals surface area contributed by atoms with Gasteiger partial charge in [-0.05, 0) is 36.1 Å². The van der Waals surface area contributed by atoms with Crippen molar-refractivity contribution in [2.75, 3.05) is 5.73 Å². The predicted molar refractivity (Wildman–Crippen MR) is 77.1 cm³/mol. The smallest absolute Gasteiger partial charge is 0.397 e. The number of benzene rings is 1. The Morgan fingerprint density at radius 3 is 2.60 bits per heavy atom. The molecule has 3 rings (SSSR count). The molecule has 0 amide bonds. The van der Waals surface area contributed by atoms with Crippen molar-refractivity contribution in [1.82, 2.24) is 4.98 Å². The first-order chi connectivity index (χ1) is 9.36. The molecule has 0 radical (unpaired) electrons. The summed E-state index contributed by atoms with van der Waals surface area (Å²) in [6, 6.07) is 3.61. The number of rotatable bonds is 1. The van der Waals surface area contributed by atoms with Crippen LogP contribution in [0.4, 0.5) is 18.9 Å². The van der Waals surface area contributed by atoms with E-state index in [4.69, 9.17) is 5.73 Å². The zero-order valence-corrected chi connectivity index (χ0v) is 11.9. The molecule has 0 saturated carbocycles. The minimum atomic E-state index is -4.35. The van der Waals surface area contributed by atoms with E-state index in [1.54, 1.807) is 0 Å². The first-order valence-corrected chi connectivity index (χ1v) is 7.37. The van der Waals surface area contributed by atoms with E-state index in [0.717, 1.165) is 27.3 Å². The van der Waals surface area contributed by atoms with Gasteiger partial charge in [-0.2, -0.15) is 13.2 Å². The number of hydrogen-bond donors (Lipinski definition) is 1. The monoisotopic (exact) mass is 314 g/mol. The lowest BCUT2D eigenvalue weighted by Gasteiger charge is -2.04. The Bertz CT molecular complexity index is 787. The molecule has 1 aromatic carbocycles. The Hall–Kier alpha value is -1.60. The van der Waals surface area contributed by atoms with Crippen LogP contribution in [0.25, 0.3) is 20.1 Å². The van der Waals surface area contributed by atoms with Crippen molar-refractivity contribution in [1.29, 1.82) is 0 Å². The molecule has 2 aromatic heterocycles. The highest BCUT2D eigenvalue weighted by Gasteiger charge is 2.30. The zero-order chi connectivity index (χ0) is 14.5. The van der Waals surface area contributed by atoms with Gasteiger partial charge in [0, 0.05) is 0 Å². The highest BCUT2D eigenvalue weighted by Crippen LogP contribution is 2.40. The molecule has 7 heteroatoms. The highest BCUT2D eigenvalue weighted by atomic mass is 32.1. The van der Waals surface area contributed by atoms with Crippen molar-refractivity contribution in [3.05, 3.63) is 34.7 Å². The molecule has 0 aliphatic carbocycles. The van der Waals surface area contributed by atoms with Crippen LogP contribution in [0.3, 0.4) is 0 Å². The zero-order valence-electron chi connectivity index (χ0n) is 10.3. The van der Waals surface area contributed by atoms with Crippen molar-refractivity contribution in [2.45, 2.75) is 13.1 Å². The number of nitrogen functional groups attached to an aromatic ring is 1. The van der Waals surface area contributed by atoms with Crippen molar-refractivity contribution in [3.8, 4) is 9.88 Å². The number of anilines is 1. The fourth-order valence-corrected chi connectivity index (χ4v) is 3.85. The summed E-state index contributed by atoms with van der Waals surface area (Å²) in [6.07, 6.45) is -4.35. The number of thiazole rings is 1. The Balaban J connectivity index is 2.14. The molecule has 0 aliphatic rings. The second kappa shape index (κ2) is 4.46. The maximum atomic E-state index is 12.7. The molecule has 20 heavy (non-hydrogen) atoms. The predicted octanol–water partition coefficient (Wildman–Crippen LogP) is 4.93. The lowest BCUT2D eigenvalue weighted by molar-refractivity contribution is -0.137. The van der Waals surface area contributed by atoms with E-state index in [-0.39, 0.29) is 0 Å². The molecule has 0 atom stereocenters. The normalized spacial score (nSPS) is 12.2. The van der Waals surface area contributed by atoms with E-state index in [1.807, 2.05) is 12.3 Å². The Kier molecular flexibility index (Phi) is 2.98. The summed E-state index contributed by atoms with van der Waals surface area (Å²) in [7, 11) is 0. The summed E-state index contributed by atoms with van der Waals surface area (Å²) >= 11 is 2.80. The maximum absolute atomic E-state index is 12.7. The largest absolute Gasteiger partial charge is 0.416 e. The molecule has 0 unspecified atom stereocenters. The van der Waals surface area contributed by atoms with Crippen LogP contribution in [-0.2, 0) is 6.18 Å². The molecule has 0 fully saturated rings. The highest BCUT2D eigenvalue weighted by molar-refractivity contribution is 7.25. The number of thiophene rings is 1. The lowest BCUT2D eigenvalue weighted by Crippen LogP contribution is -2.03. The van der Waals surface area contributed by atoms with Crippen LogP contribution in [0.2, 0.25) is 0 Å². The van der Waals surface area contributed by atoms with Crippen LogP contribution in [0.5, 0.6) is 0 Å². The first-order valence-electron chi connectivity index (χ1n) is 5.68. The van der Waals surface area contributed by atoms with Crippen LogP contribution >= 0.6 is 22.7 Å². The van der Waals surface area contributed by atoms with Gasteiger partial charge in [-0.3, -0.25) is 0 Å². The van der Waals surface area contributed by atoms with Gasteiger partial charge in [0.25, 0.3) is 0 Å². The van der Waals surface area contributed by atoms with Crippen LogP contribution < -0.4 is 5.73 Å². The topological polar surface area (TPSA) is 38.9 Å². The van der Waals surface area contributed by atoms with E-state index < -0.39 is 11.7 Å². The minimum Gasteiger partial charge on any atom is -0.397 e. The number of aryl methyl sites for hydroxylation is 1. The molecule has 2 nitrogen and oxygen atoms in total. The summed E-state index contributed by atoms with van der Waals surface area (Å²) in [6.45, 7) is 1.89. The Labute approximate surface area is 120 Å². The fourth-order valence-electron chi connectivity index (χ4n) is 1.82. The van der Waals surface area contributed by atoms with E-state index in [0.29, 0.717) is 16.2 Å². The molecule has 0 saturated heterocycles. The fraction of sp³-hybridized carbons (Fsp3) is 0.154. The Morgan fingerprint density at radius 2 is 2.00 bits per heavy atom. The van der Waals surface area contributed by atoms with Gasteiger partial charge in [-0.1, -0.05) is 0 Å². The van der Waals surface area contributed by atoms with E-state index >= 15 is 0 Å². The molecule has 0 aliphatic heterocycles. The third-order valence-corrected chi connectivity index (χ3v) is 5.24. The second-order valence-electron chi connectivity index (χ2n) is 4.36. The summed E-state index contributed by atoms with van der Waals surface area (Å²) < 4.78 is 38.7. The van der Waals surface area contributed by atoms with Crippen molar-refractivity contribution < 1.29 is 13.2 Å². The first kappa shape index (κ1) is 13.4. The van der Waals surface area contributed by atoms with Gasteiger partial charge in [0.05, 0.1) is 26.3 Å². The Morgan fingerprint density at radius 1 is 1.25 bits per heavy atom. The van der Waals surface area contributed by atoms with Crippen LogP contribution in [-0.4, -0.2) is 4.98 Å². The molecule has 0 spiro atoms. The quantitative estimate of drug-likeness (QED) is 0.691. The average molecular weight is 314 g/mol. The molecule has 2 heterocycles. The van der Waals surface area contributed by atoms with Crippen LogP contribution in [0.15, 0.2) is 23.6 Å². The molecular formula is C13H9F3N2S2. The van der Waals surface area contributed by atoms with Crippen LogP contribution in [0, 0.1) is 6.92 Å². The van der Waals surface area contributed by atoms with E-state index in [9.17, 15) is 13.2 Å². The summed E-state index contributed by atoms with van der Waals surface area (Å²) in [5.41, 5.74) is 7.22. The van der Waals surface area contributed by atoms with Gasteiger partial charge in [-0.25, -0.2) is 4.98 Å². The number of nitrogens with zero attached hydrogens (tertiary/aromatic N) is 1. The number of nitrogens with two attached hydrogens (primary N) is 1. The van der Waals surface area contributed by atoms with Gasteiger partial charge in [0.2, 0.25) is 0 Å².